The van der Waals surface area contributed by atoms with Crippen LogP contribution in [0.2, 0.25) is 0 Å². The molecule has 4 rings (SSSR count). The Morgan fingerprint density at radius 1 is 1.18 bits per heavy atom. The molecule has 1 amide bonds. The molecular formula is C25H21F5N6O3S. The van der Waals surface area contributed by atoms with Crippen LogP contribution in [-0.4, -0.2) is 47.6 Å². The minimum absolute atomic E-state index is 0.132. The molecule has 0 aliphatic carbocycles. The van der Waals surface area contributed by atoms with Crippen LogP contribution in [0.5, 0.6) is 0 Å². The highest BCUT2D eigenvalue weighted by Gasteiger charge is 2.45. The minimum Gasteiger partial charge on any atom is -0.382 e. The van der Waals surface area contributed by atoms with Gasteiger partial charge < -0.3 is 5.73 Å². The second kappa shape index (κ2) is 10.7. The Morgan fingerprint density at radius 3 is 2.55 bits per heavy atom. The van der Waals surface area contributed by atoms with Crippen LogP contribution < -0.4 is 14.9 Å². The summed E-state index contributed by atoms with van der Waals surface area (Å²) in [6.45, 7) is 1.89. The van der Waals surface area contributed by atoms with Crippen LogP contribution in [-0.2, 0) is 21.0 Å². The van der Waals surface area contributed by atoms with Crippen molar-refractivity contribution in [3.63, 3.8) is 0 Å². The molecule has 1 saturated heterocycles. The maximum atomic E-state index is 15.2. The number of rotatable bonds is 4. The van der Waals surface area contributed by atoms with Gasteiger partial charge in [0.05, 0.1) is 35.9 Å². The lowest BCUT2D eigenvalue weighted by atomic mass is 10.1. The predicted molar refractivity (Wildman–Crippen MR) is 135 cm³/mol. The van der Waals surface area contributed by atoms with E-state index in [1.54, 1.807) is 0 Å². The molecule has 1 aliphatic heterocycles. The van der Waals surface area contributed by atoms with Crippen molar-refractivity contribution in [2.45, 2.75) is 32.5 Å². The van der Waals surface area contributed by atoms with Crippen LogP contribution in [0, 0.1) is 37.3 Å². The topological polar surface area (TPSA) is 122 Å². The molecule has 2 aromatic heterocycles. The average Bonchev–Trinajstić information content (AvgIpc) is 3.20. The summed E-state index contributed by atoms with van der Waals surface area (Å²) in [6, 6.07) is 1.60. The van der Waals surface area contributed by atoms with E-state index in [9.17, 15) is 30.8 Å². The standard InChI is InChI=1S/C25H21F5N6O3S/c1-14-10-16(25(28,29)30)11-22(34-14)36-20(7-9-40(36,38)39)24(37)35(19-6-5-18(26)15(2)23(19)27)8-3-4-17-12-33-21(31)13-32-17/h5-6,10-13,20H,7-9H2,1-2H3,(H2,31,33)/t20-/m0/s1. The van der Waals surface area contributed by atoms with Gasteiger partial charge in [0.1, 0.15) is 29.2 Å². The van der Waals surface area contributed by atoms with Gasteiger partial charge in [0.2, 0.25) is 10.0 Å². The number of amides is 1. The molecule has 0 bridgehead atoms. The van der Waals surface area contributed by atoms with E-state index in [1.807, 2.05) is 0 Å². The van der Waals surface area contributed by atoms with Gasteiger partial charge >= 0.3 is 6.18 Å². The first-order chi connectivity index (χ1) is 18.7. The fraction of sp³-hybridized carbons (Fsp3) is 0.280. The number of nitrogens with zero attached hydrogens (tertiary/aromatic N) is 5. The van der Waals surface area contributed by atoms with Gasteiger partial charge in [-0.15, -0.1) is 0 Å². The summed E-state index contributed by atoms with van der Waals surface area (Å²) in [7, 11) is -4.29. The Kier molecular flexibility index (Phi) is 7.66. The van der Waals surface area contributed by atoms with Crippen LogP contribution >= 0.6 is 0 Å². The number of aromatic nitrogens is 3. The largest absolute Gasteiger partial charge is 0.416 e. The molecule has 0 saturated carbocycles. The Bertz CT molecular complexity index is 1640. The Labute approximate surface area is 225 Å². The third-order valence-corrected chi connectivity index (χ3v) is 7.78. The molecule has 1 atom stereocenters. The van der Waals surface area contributed by atoms with Crippen molar-refractivity contribution >= 4 is 33.3 Å². The number of sulfonamides is 1. The van der Waals surface area contributed by atoms with Gasteiger partial charge in [-0.2, -0.15) is 13.2 Å². The lowest BCUT2D eigenvalue weighted by molar-refractivity contribution is -0.137. The first-order valence-electron chi connectivity index (χ1n) is 11.6. The molecular weight excluding hydrogens is 559 g/mol. The first kappa shape index (κ1) is 28.7. The maximum Gasteiger partial charge on any atom is 0.416 e. The van der Waals surface area contributed by atoms with Crippen LogP contribution in [0.4, 0.5) is 39.3 Å². The number of hydrogen-bond acceptors (Lipinski definition) is 7. The van der Waals surface area contributed by atoms with E-state index in [2.05, 4.69) is 26.8 Å². The molecule has 15 heteroatoms. The fourth-order valence-corrected chi connectivity index (χ4v) is 5.73. The van der Waals surface area contributed by atoms with Gasteiger partial charge in [0.15, 0.2) is 5.82 Å². The van der Waals surface area contributed by atoms with Gasteiger partial charge in [0.25, 0.3) is 5.91 Å². The number of pyridine rings is 1. The minimum atomic E-state index is -4.81. The Hall–Kier alpha value is -4.32. The van der Waals surface area contributed by atoms with E-state index >= 15 is 4.39 Å². The third-order valence-electron chi connectivity index (χ3n) is 5.99. The lowest BCUT2D eigenvalue weighted by Gasteiger charge is -2.29. The number of carbonyl (C=O) groups excluding carboxylic acids is 1. The summed E-state index contributed by atoms with van der Waals surface area (Å²) in [5, 5.41) is 0. The van der Waals surface area contributed by atoms with Crippen molar-refractivity contribution < 1.29 is 35.2 Å². The number of aryl methyl sites for hydroxylation is 1. The first-order valence-corrected chi connectivity index (χ1v) is 13.2. The van der Waals surface area contributed by atoms with E-state index < -0.39 is 74.7 Å². The Balaban J connectivity index is 1.79. The van der Waals surface area contributed by atoms with E-state index in [4.69, 9.17) is 5.73 Å². The van der Waals surface area contributed by atoms with Crippen LogP contribution in [0.15, 0.2) is 36.7 Å². The number of benzene rings is 1. The molecule has 3 aromatic rings. The van der Waals surface area contributed by atoms with Gasteiger partial charge in [-0.25, -0.2) is 36.5 Å². The molecule has 3 heterocycles. The quantitative estimate of drug-likeness (QED) is 0.371. The molecule has 1 aliphatic rings. The number of alkyl halides is 3. The molecule has 9 nitrogen and oxygen atoms in total. The highest BCUT2D eigenvalue weighted by atomic mass is 32.2. The number of anilines is 3. The summed E-state index contributed by atoms with van der Waals surface area (Å²) in [4.78, 5) is 26.3. The van der Waals surface area contributed by atoms with Crippen LogP contribution in [0.25, 0.3) is 0 Å². The van der Waals surface area contributed by atoms with Gasteiger partial charge in [-0.05, 0) is 50.5 Å². The second-order valence-electron chi connectivity index (χ2n) is 8.83. The zero-order valence-corrected chi connectivity index (χ0v) is 21.8. The van der Waals surface area contributed by atoms with Crippen molar-refractivity contribution in [1.29, 1.82) is 0 Å². The molecule has 1 fully saturated rings. The summed E-state index contributed by atoms with van der Waals surface area (Å²) >= 11 is 0. The average molecular weight is 581 g/mol. The van der Waals surface area contributed by atoms with Crippen molar-refractivity contribution in [1.82, 2.24) is 15.0 Å². The zero-order chi connectivity index (χ0) is 29.4. The van der Waals surface area contributed by atoms with E-state index in [-0.39, 0.29) is 23.6 Å². The summed E-state index contributed by atoms with van der Waals surface area (Å²) in [5.74, 6) is 1.20. The van der Waals surface area contributed by atoms with E-state index in [0.29, 0.717) is 10.4 Å². The van der Waals surface area contributed by atoms with Crippen molar-refractivity contribution in [3.8, 4) is 11.8 Å². The van der Waals surface area contributed by atoms with E-state index in [0.717, 1.165) is 30.0 Å². The highest BCUT2D eigenvalue weighted by molar-refractivity contribution is 7.93. The van der Waals surface area contributed by atoms with Crippen molar-refractivity contribution in [3.05, 3.63) is 70.8 Å². The van der Waals surface area contributed by atoms with Crippen molar-refractivity contribution in [2.75, 3.05) is 27.2 Å². The molecule has 0 radical (unpaired) electrons. The molecule has 210 valence electrons. The highest BCUT2D eigenvalue weighted by Crippen LogP contribution is 2.36. The molecule has 2 N–H and O–H groups in total. The molecule has 0 unspecified atom stereocenters. The van der Waals surface area contributed by atoms with Crippen LogP contribution in [0.1, 0.15) is 28.9 Å². The summed E-state index contributed by atoms with van der Waals surface area (Å²) < 4.78 is 96.0. The smallest absolute Gasteiger partial charge is 0.382 e. The van der Waals surface area contributed by atoms with Gasteiger partial charge in [-0.1, -0.05) is 5.92 Å². The number of carbonyl (C=O) groups is 1. The maximum absolute atomic E-state index is 15.2. The number of nitrogens with two attached hydrogens (primary N) is 1. The molecule has 0 spiro atoms. The fourth-order valence-electron chi connectivity index (χ4n) is 4.05. The second-order valence-corrected chi connectivity index (χ2v) is 10.8. The van der Waals surface area contributed by atoms with E-state index in [1.165, 1.54) is 19.3 Å². The summed E-state index contributed by atoms with van der Waals surface area (Å²) in [5.41, 5.74) is 3.55. The molecule has 1 aromatic carbocycles. The normalized spacial score (nSPS) is 16.4. The number of halogens is 5. The molecule has 40 heavy (non-hydrogen) atoms. The summed E-state index contributed by atoms with van der Waals surface area (Å²) in [6.07, 6.45) is -2.65. The lowest BCUT2D eigenvalue weighted by Crippen LogP contribution is -2.48. The van der Waals surface area contributed by atoms with Crippen molar-refractivity contribution in [2.24, 2.45) is 0 Å². The SMILES string of the molecule is Cc1cc(C(F)(F)F)cc(N2[C@H](C(=O)N(CC#Cc3cnc(N)cn3)c3ccc(F)c(C)c3F)CCS2(=O)=O)n1. The Morgan fingerprint density at radius 2 is 1.90 bits per heavy atom. The van der Waals surface area contributed by atoms with Gasteiger partial charge in [-0.3, -0.25) is 9.69 Å². The zero-order valence-electron chi connectivity index (χ0n) is 21.0. The predicted octanol–water partition coefficient (Wildman–Crippen LogP) is 3.36. The van der Waals surface area contributed by atoms with Crippen LogP contribution in [0.3, 0.4) is 0 Å². The van der Waals surface area contributed by atoms with Gasteiger partial charge in [0, 0.05) is 11.3 Å². The third kappa shape index (κ3) is 5.81. The number of hydrogen-bond donors (Lipinski definition) is 1. The number of nitrogen functional groups attached to an aromatic ring is 1. The monoisotopic (exact) mass is 580 g/mol.